The molecule has 1 unspecified atom stereocenters. The van der Waals surface area contributed by atoms with Crippen LogP contribution in [-0.2, 0) is 0 Å². The third-order valence-electron chi connectivity index (χ3n) is 2.41. The van der Waals surface area contributed by atoms with Crippen molar-refractivity contribution in [3.05, 3.63) is 0 Å². The Morgan fingerprint density at radius 2 is 2.40 bits per heavy atom. The minimum absolute atomic E-state index is 0.0611. The molecule has 60 valence electrons. The Hall–Kier alpha value is -0.0800. The van der Waals surface area contributed by atoms with Crippen molar-refractivity contribution in [2.45, 2.75) is 38.8 Å². The normalized spacial score (nSPS) is 30.9. The van der Waals surface area contributed by atoms with E-state index in [0.29, 0.717) is 6.04 Å². The molecule has 1 heterocycles. The van der Waals surface area contributed by atoms with Crippen LogP contribution in [0.5, 0.6) is 0 Å². The molecule has 1 fully saturated rings. The second kappa shape index (κ2) is 3.35. The molecule has 0 saturated carbocycles. The molecule has 0 aromatic heterocycles. The monoisotopic (exact) mass is 143 g/mol. The number of aliphatic hydroxyl groups excluding tert-OH is 1. The van der Waals surface area contributed by atoms with Gasteiger partial charge in [-0.2, -0.15) is 0 Å². The summed E-state index contributed by atoms with van der Waals surface area (Å²) < 4.78 is 0. The van der Waals surface area contributed by atoms with E-state index in [1.165, 1.54) is 6.42 Å². The van der Waals surface area contributed by atoms with Crippen LogP contribution in [0.3, 0.4) is 0 Å². The van der Waals surface area contributed by atoms with Crippen molar-refractivity contribution in [1.29, 1.82) is 0 Å². The average molecular weight is 143 g/mol. The van der Waals surface area contributed by atoms with Crippen molar-refractivity contribution in [1.82, 2.24) is 4.90 Å². The molecule has 1 aliphatic heterocycles. The maximum Gasteiger partial charge on any atom is 0.0679 e. The Labute approximate surface area is 62.8 Å². The summed E-state index contributed by atoms with van der Waals surface area (Å²) in [7, 11) is 0. The topological polar surface area (TPSA) is 23.5 Å². The van der Waals surface area contributed by atoms with Gasteiger partial charge in [-0.05, 0) is 19.8 Å². The lowest BCUT2D eigenvalue weighted by molar-refractivity contribution is 0.161. The Morgan fingerprint density at radius 3 is 2.80 bits per heavy atom. The van der Waals surface area contributed by atoms with Crippen molar-refractivity contribution in [3.63, 3.8) is 0 Å². The molecule has 10 heavy (non-hydrogen) atoms. The zero-order valence-corrected chi connectivity index (χ0v) is 6.88. The van der Waals surface area contributed by atoms with Gasteiger partial charge in [0.2, 0.25) is 0 Å². The third-order valence-corrected chi connectivity index (χ3v) is 2.41. The smallest absolute Gasteiger partial charge is 0.0679 e. The van der Waals surface area contributed by atoms with Crippen LogP contribution in [0, 0.1) is 0 Å². The maximum atomic E-state index is 9.20. The molecule has 0 radical (unpaired) electrons. The van der Waals surface area contributed by atoms with Gasteiger partial charge in [-0.25, -0.2) is 0 Å². The predicted molar refractivity (Wildman–Crippen MR) is 41.9 cm³/mol. The number of likely N-dealkylation sites (tertiary alicyclic amines) is 1. The quantitative estimate of drug-likeness (QED) is 0.619. The Bertz CT molecular complexity index is 105. The summed E-state index contributed by atoms with van der Waals surface area (Å²) in [5.74, 6) is 0. The number of hydrogen-bond donors (Lipinski definition) is 1. The number of aliphatic hydroxyl groups is 1. The summed E-state index contributed by atoms with van der Waals surface area (Å²) in [6.45, 7) is 6.37. The Morgan fingerprint density at radius 1 is 1.70 bits per heavy atom. The molecule has 1 N–H and O–H groups in total. The first-order valence-corrected chi connectivity index (χ1v) is 4.16. The Kier molecular flexibility index (Phi) is 2.69. The standard InChI is InChI=1S/C8H17NO/c1-3-7(2)9-5-4-8(10)6-9/h7-8,10H,3-6H2,1-2H3/t7?,8-/m0/s1. The van der Waals surface area contributed by atoms with Gasteiger partial charge in [-0.1, -0.05) is 6.92 Å². The van der Waals surface area contributed by atoms with Crippen molar-refractivity contribution in [2.75, 3.05) is 13.1 Å². The molecule has 2 nitrogen and oxygen atoms in total. The zero-order chi connectivity index (χ0) is 7.56. The number of β-amino-alcohol motifs (C(OH)–C–C–N with tert-alkyl or cyclic N) is 1. The number of rotatable bonds is 2. The van der Waals surface area contributed by atoms with Crippen molar-refractivity contribution in [2.24, 2.45) is 0 Å². The minimum atomic E-state index is -0.0611. The second-order valence-electron chi connectivity index (χ2n) is 3.19. The highest BCUT2D eigenvalue weighted by molar-refractivity contribution is 4.77. The third kappa shape index (κ3) is 1.70. The van der Waals surface area contributed by atoms with Crippen LogP contribution in [0.25, 0.3) is 0 Å². The molecule has 2 heteroatoms. The maximum absolute atomic E-state index is 9.20. The van der Waals surface area contributed by atoms with Crippen LogP contribution in [0.4, 0.5) is 0 Å². The summed E-state index contributed by atoms with van der Waals surface area (Å²) in [5.41, 5.74) is 0. The van der Waals surface area contributed by atoms with Gasteiger partial charge in [-0.3, -0.25) is 4.90 Å². The van der Waals surface area contributed by atoms with E-state index in [2.05, 4.69) is 18.7 Å². The molecular formula is C8H17NO. The first-order valence-electron chi connectivity index (χ1n) is 4.16. The fraction of sp³-hybridized carbons (Fsp3) is 1.00. The van der Waals surface area contributed by atoms with Gasteiger partial charge in [0, 0.05) is 19.1 Å². The largest absolute Gasteiger partial charge is 0.392 e. The van der Waals surface area contributed by atoms with Crippen LogP contribution >= 0.6 is 0 Å². The summed E-state index contributed by atoms with van der Waals surface area (Å²) >= 11 is 0. The molecule has 1 rings (SSSR count). The molecule has 0 aromatic rings. The van der Waals surface area contributed by atoms with Crippen molar-refractivity contribution < 1.29 is 5.11 Å². The van der Waals surface area contributed by atoms with Gasteiger partial charge in [0.05, 0.1) is 6.10 Å². The Balaban J connectivity index is 2.29. The summed E-state index contributed by atoms with van der Waals surface area (Å²) in [5, 5.41) is 9.20. The number of hydrogen-bond acceptors (Lipinski definition) is 2. The van der Waals surface area contributed by atoms with E-state index in [-0.39, 0.29) is 6.10 Å². The zero-order valence-electron chi connectivity index (χ0n) is 6.88. The molecule has 0 amide bonds. The highest BCUT2D eigenvalue weighted by Crippen LogP contribution is 2.13. The van der Waals surface area contributed by atoms with Crippen LogP contribution in [0.15, 0.2) is 0 Å². The summed E-state index contributed by atoms with van der Waals surface area (Å²) in [6.07, 6.45) is 2.09. The van der Waals surface area contributed by atoms with Gasteiger partial charge < -0.3 is 5.11 Å². The van der Waals surface area contributed by atoms with E-state index in [4.69, 9.17) is 0 Å². The average Bonchev–Trinajstić information content (AvgIpc) is 2.34. The highest BCUT2D eigenvalue weighted by Gasteiger charge is 2.22. The van der Waals surface area contributed by atoms with E-state index < -0.39 is 0 Å². The predicted octanol–water partition coefficient (Wildman–Crippen LogP) is 0.851. The lowest BCUT2D eigenvalue weighted by atomic mass is 10.2. The van der Waals surface area contributed by atoms with E-state index in [1.807, 2.05) is 0 Å². The lowest BCUT2D eigenvalue weighted by Crippen LogP contribution is -2.30. The van der Waals surface area contributed by atoms with Crippen molar-refractivity contribution >= 4 is 0 Å². The minimum Gasteiger partial charge on any atom is -0.392 e. The molecule has 0 spiro atoms. The molecule has 0 bridgehead atoms. The molecule has 1 aliphatic rings. The second-order valence-corrected chi connectivity index (χ2v) is 3.19. The summed E-state index contributed by atoms with van der Waals surface area (Å²) in [6, 6.07) is 0.650. The van der Waals surface area contributed by atoms with Crippen molar-refractivity contribution in [3.8, 4) is 0 Å². The van der Waals surface area contributed by atoms with Gasteiger partial charge >= 0.3 is 0 Å². The van der Waals surface area contributed by atoms with Crippen LogP contribution in [0.2, 0.25) is 0 Å². The van der Waals surface area contributed by atoms with Crippen LogP contribution in [-0.4, -0.2) is 35.2 Å². The van der Waals surface area contributed by atoms with E-state index in [0.717, 1.165) is 19.5 Å². The van der Waals surface area contributed by atoms with Gasteiger partial charge in [0.15, 0.2) is 0 Å². The molecule has 0 aromatic carbocycles. The first-order chi connectivity index (χ1) is 4.74. The highest BCUT2D eigenvalue weighted by atomic mass is 16.3. The summed E-state index contributed by atoms with van der Waals surface area (Å²) in [4.78, 5) is 2.35. The number of nitrogens with zero attached hydrogens (tertiary/aromatic N) is 1. The van der Waals surface area contributed by atoms with E-state index in [1.54, 1.807) is 0 Å². The molecule has 2 atom stereocenters. The molecule has 0 aliphatic carbocycles. The van der Waals surface area contributed by atoms with Crippen LogP contribution < -0.4 is 0 Å². The molecule has 1 saturated heterocycles. The van der Waals surface area contributed by atoms with Gasteiger partial charge in [0.25, 0.3) is 0 Å². The molecular weight excluding hydrogens is 126 g/mol. The fourth-order valence-electron chi connectivity index (χ4n) is 1.43. The lowest BCUT2D eigenvalue weighted by Gasteiger charge is -2.21. The van der Waals surface area contributed by atoms with Crippen LogP contribution in [0.1, 0.15) is 26.7 Å². The van der Waals surface area contributed by atoms with Gasteiger partial charge in [0.1, 0.15) is 0 Å². The van der Waals surface area contributed by atoms with Gasteiger partial charge in [-0.15, -0.1) is 0 Å². The SMILES string of the molecule is CCC(C)N1CC[C@H](O)C1. The first kappa shape index (κ1) is 8.02. The van der Waals surface area contributed by atoms with E-state index in [9.17, 15) is 5.11 Å². The fourth-order valence-corrected chi connectivity index (χ4v) is 1.43. The van der Waals surface area contributed by atoms with E-state index >= 15 is 0 Å².